The van der Waals surface area contributed by atoms with Gasteiger partial charge in [0.05, 0.1) is 5.56 Å². The predicted molar refractivity (Wildman–Crippen MR) is 65.7 cm³/mol. The summed E-state index contributed by atoms with van der Waals surface area (Å²) in [5.41, 5.74) is 6.96. The van der Waals surface area contributed by atoms with Crippen molar-refractivity contribution in [1.29, 1.82) is 0 Å². The molecule has 2 aromatic rings. The van der Waals surface area contributed by atoms with Gasteiger partial charge < -0.3 is 10.7 Å². The van der Waals surface area contributed by atoms with E-state index in [4.69, 9.17) is 5.73 Å². The van der Waals surface area contributed by atoms with Crippen LogP contribution in [0.2, 0.25) is 0 Å². The van der Waals surface area contributed by atoms with Gasteiger partial charge in [-0.1, -0.05) is 13.0 Å². The quantitative estimate of drug-likeness (QED) is 0.820. The van der Waals surface area contributed by atoms with Gasteiger partial charge >= 0.3 is 0 Å². The van der Waals surface area contributed by atoms with E-state index in [2.05, 4.69) is 15.0 Å². The predicted octanol–water partition coefficient (Wildman–Crippen LogP) is 0.900. The first-order chi connectivity index (χ1) is 8.20. The fourth-order valence-electron chi connectivity index (χ4n) is 1.66. The van der Waals surface area contributed by atoms with Gasteiger partial charge in [-0.2, -0.15) is 0 Å². The zero-order valence-corrected chi connectivity index (χ0v) is 9.60. The first kappa shape index (κ1) is 11.3. The Hall–Kier alpha value is -2.17. The highest BCUT2D eigenvalue weighted by Crippen LogP contribution is 2.06. The van der Waals surface area contributed by atoms with Crippen molar-refractivity contribution in [3.8, 4) is 0 Å². The molecule has 2 aromatic heterocycles. The van der Waals surface area contributed by atoms with Gasteiger partial charge in [-0.15, -0.1) is 0 Å². The summed E-state index contributed by atoms with van der Waals surface area (Å²) < 4.78 is 0. The first-order valence-electron chi connectivity index (χ1n) is 5.48. The molecule has 17 heavy (non-hydrogen) atoms. The number of anilines is 1. The standard InChI is InChI=1S/C12H14N4O/c1-2-9-11(13)15-10(16-12(9)17)7-8-5-3-4-6-14-8/h3-6H,2,7H2,1H3,(H3,13,15,16,17). The molecule has 5 nitrogen and oxygen atoms in total. The molecule has 0 saturated carbocycles. The molecule has 5 heteroatoms. The molecule has 0 amide bonds. The van der Waals surface area contributed by atoms with Crippen LogP contribution in [0.3, 0.4) is 0 Å². The fraction of sp³-hybridized carbons (Fsp3) is 0.250. The van der Waals surface area contributed by atoms with Gasteiger partial charge in [-0.05, 0) is 18.6 Å². The monoisotopic (exact) mass is 230 g/mol. The van der Waals surface area contributed by atoms with E-state index in [9.17, 15) is 4.79 Å². The third-order valence-corrected chi connectivity index (χ3v) is 2.52. The van der Waals surface area contributed by atoms with Gasteiger partial charge in [0.15, 0.2) is 0 Å². The van der Waals surface area contributed by atoms with Gasteiger partial charge in [-0.25, -0.2) is 4.98 Å². The minimum Gasteiger partial charge on any atom is -0.383 e. The molecule has 3 N–H and O–H groups in total. The highest BCUT2D eigenvalue weighted by atomic mass is 16.1. The summed E-state index contributed by atoms with van der Waals surface area (Å²) in [7, 11) is 0. The Labute approximate surface area is 98.7 Å². The van der Waals surface area contributed by atoms with Crippen LogP contribution < -0.4 is 11.3 Å². The molecule has 0 aliphatic carbocycles. The number of rotatable bonds is 3. The highest BCUT2D eigenvalue weighted by Gasteiger charge is 2.07. The number of nitrogens with two attached hydrogens (primary N) is 1. The van der Waals surface area contributed by atoms with Crippen LogP contribution in [0.4, 0.5) is 5.82 Å². The van der Waals surface area contributed by atoms with Crippen molar-refractivity contribution in [3.05, 3.63) is 51.8 Å². The SMILES string of the molecule is CCc1c(N)nc(Cc2ccccn2)[nH]c1=O. The molecule has 0 unspecified atom stereocenters. The lowest BCUT2D eigenvalue weighted by atomic mass is 10.2. The van der Waals surface area contributed by atoms with E-state index < -0.39 is 0 Å². The van der Waals surface area contributed by atoms with Crippen molar-refractivity contribution in [1.82, 2.24) is 15.0 Å². The Morgan fingerprint density at radius 2 is 2.24 bits per heavy atom. The summed E-state index contributed by atoms with van der Waals surface area (Å²) >= 11 is 0. The lowest BCUT2D eigenvalue weighted by Gasteiger charge is -2.04. The maximum absolute atomic E-state index is 11.7. The lowest BCUT2D eigenvalue weighted by molar-refractivity contribution is 0.897. The molecule has 0 fully saturated rings. The molecule has 0 bridgehead atoms. The summed E-state index contributed by atoms with van der Waals surface area (Å²) in [6.45, 7) is 1.88. The van der Waals surface area contributed by atoms with Crippen LogP contribution in [-0.2, 0) is 12.8 Å². The summed E-state index contributed by atoms with van der Waals surface area (Å²) in [4.78, 5) is 22.8. The Kier molecular flexibility index (Phi) is 3.18. The van der Waals surface area contributed by atoms with Gasteiger partial charge in [0.2, 0.25) is 0 Å². The van der Waals surface area contributed by atoms with Crippen molar-refractivity contribution in [2.45, 2.75) is 19.8 Å². The number of H-pyrrole nitrogens is 1. The smallest absolute Gasteiger partial charge is 0.256 e. The summed E-state index contributed by atoms with van der Waals surface area (Å²) in [5.74, 6) is 0.852. The second-order valence-corrected chi connectivity index (χ2v) is 3.73. The Bertz CT molecular complexity index is 562. The highest BCUT2D eigenvalue weighted by molar-refractivity contribution is 5.37. The second-order valence-electron chi connectivity index (χ2n) is 3.73. The zero-order chi connectivity index (χ0) is 12.3. The van der Waals surface area contributed by atoms with Gasteiger partial charge in [0, 0.05) is 18.3 Å². The van der Waals surface area contributed by atoms with E-state index >= 15 is 0 Å². The van der Waals surface area contributed by atoms with E-state index in [1.807, 2.05) is 25.1 Å². The fourth-order valence-corrected chi connectivity index (χ4v) is 1.66. The molecule has 0 spiro atoms. The number of hydrogen-bond acceptors (Lipinski definition) is 4. The summed E-state index contributed by atoms with van der Waals surface area (Å²) in [5, 5.41) is 0. The van der Waals surface area contributed by atoms with Gasteiger partial charge in [0.1, 0.15) is 11.6 Å². The second kappa shape index (κ2) is 4.78. The van der Waals surface area contributed by atoms with Crippen molar-refractivity contribution in [3.63, 3.8) is 0 Å². The molecular formula is C12H14N4O. The third-order valence-electron chi connectivity index (χ3n) is 2.52. The zero-order valence-electron chi connectivity index (χ0n) is 9.60. The van der Waals surface area contributed by atoms with Crippen molar-refractivity contribution in [2.24, 2.45) is 0 Å². The minimum absolute atomic E-state index is 0.161. The van der Waals surface area contributed by atoms with Gasteiger partial charge in [0.25, 0.3) is 5.56 Å². The summed E-state index contributed by atoms with van der Waals surface area (Å²) in [6.07, 6.45) is 2.76. The number of nitrogens with one attached hydrogen (secondary N) is 1. The molecular weight excluding hydrogens is 216 g/mol. The third kappa shape index (κ3) is 2.50. The van der Waals surface area contributed by atoms with Gasteiger partial charge in [-0.3, -0.25) is 9.78 Å². The Morgan fingerprint density at radius 3 is 2.82 bits per heavy atom. The van der Waals surface area contributed by atoms with Crippen LogP contribution in [-0.4, -0.2) is 15.0 Å². The van der Waals surface area contributed by atoms with E-state index in [0.717, 1.165) is 5.69 Å². The molecule has 0 saturated heterocycles. The van der Waals surface area contributed by atoms with Crippen molar-refractivity contribution >= 4 is 5.82 Å². The Balaban J connectivity index is 2.32. The normalized spacial score (nSPS) is 10.4. The van der Waals surface area contributed by atoms with Crippen LogP contribution in [0.5, 0.6) is 0 Å². The topological polar surface area (TPSA) is 84.7 Å². The number of hydrogen-bond donors (Lipinski definition) is 2. The van der Waals surface area contributed by atoms with E-state index in [1.165, 1.54) is 0 Å². The molecule has 2 heterocycles. The average molecular weight is 230 g/mol. The number of aromatic amines is 1. The van der Waals surface area contributed by atoms with Crippen LogP contribution in [0.25, 0.3) is 0 Å². The Morgan fingerprint density at radius 1 is 1.41 bits per heavy atom. The van der Waals surface area contributed by atoms with Crippen LogP contribution in [0.15, 0.2) is 29.2 Å². The number of nitrogens with zero attached hydrogens (tertiary/aromatic N) is 2. The number of nitrogen functional groups attached to an aromatic ring is 1. The summed E-state index contributed by atoms with van der Waals surface area (Å²) in [6, 6.07) is 5.61. The van der Waals surface area contributed by atoms with Crippen molar-refractivity contribution in [2.75, 3.05) is 5.73 Å². The molecule has 2 rings (SSSR count). The molecule has 0 radical (unpaired) electrons. The minimum atomic E-state index is -0.161. The molecule has 0 atom stereocenters. The van der Waals surface area contributed by atoms with E-state index in [0.29, 0.717) is 30.0 Å². The lowest BCUT2D eigenvalue weighted by Crippen LogP contribution is -2.19. The van der Waals surface area contributed by atoms with Crippen molar-refractivity contribution < 1.29 is 0 Å². The molecule has 88 valence electrons. The largest absolute Gasteiger partial charge is 0.383 e. The molecule has 0 aliphatic heterocycles. The van der Waals surface area contributed by atoms with Crippen LogP contribution in [0.1, 0.15) is 24.0 Å². The average Bonchev–Trinajstić information content (AvgIpc) is 2.30. The molecule has 0 aromatic carbocycles. The van der Waals surface area contributed by atoms with E-state index in [-0.39, 0.29) is 5.56 Å². The van der Waals surface area contributed by atoms with Crippen LogP contribution in [0, 0.1) is 0 Å². The maximum Gasteiger partial charge on any atom is 0.256 e. The van der Waals surface area contributed by atoms with Crippen LogP contribution >= 0.6 is 0 Å². The maximum atomic E-state index is 11.7. The number of pyridine rings is 1. The molecule has 0 aliphatic rings. The van der Waals surface area contributed by atoms with E-state index in [1.54, 1.807) is 6.20 Å². The first-order valence-corrected chi connectivity index (χ1v) is 5.48. The number of aromatic nitrogens is 3.